The van der Waals surface area contributed by atoms with E-state index in [0.717, 1.165) is 25.3 Å². The maximum Gasteiger partial charge on any atom is 0.344 e. The van der Waals surface area contributed by atoms with Gasteiger partial charge in [-0.1, -0.05) is 19.3 Å². The van der Waals surface area contributed by atoms with Gasteiger partial charge in [0, 0.05) is 6.08 Å². The summed E-state index contributed by atoms with van der Waals surface area (Å²) in [6, 6.07) is 2.64. The number of urea groups is 1. The fraction of sp³-hybridized carbons (Fsp3) is 0.412. The Hall–Kier alpha value is -3.10. The number of carbonyl (C=O) groups is 4. The number of esters is 1. The summed E-state index contributed by atoms with van der Waals surface area (Å²) in [6.07, 6.45) is 7.75. The van der Waals surface area contributed by atoms with Gasteiger partial charge in [0.2, 0.25) is 0 Å². The highest BCUT2D eigenvalue weighted by Crippen LogP contribution is 2.32. The van der Waals surface area contributed by atoms with Crippen molar-refractivity contribution < 1.29 is 28.3 Å². The molecule has 0 bridgehead atoms. The van der Waals surface area contributed by atoms with Crippen LogP contribution >= 0.6 is 0 Å². The lowest BCUT2D eigenvalue weighted by Gasteiger charge is -2.30. The summed E-state index contributed by atoms with van der Waals surface area (Å²) < 4.78 is 9.78. The van der Waals surface area contributed by atoms with E-state index < -0.39 is 36.0 Å². The number of ether oxygens (including phenoxy) is 1. The third kappa shape index (κ3) is 3.76. The lowest BCUT2D eigenvalue weighted by Crippen LogP contribution is -2.51. The number of amides is 4. The second kappa shape index (κ2) is 7.42. The highest BCUT2D eigenvalue weighted by molar-refractivity contribution is 6.08. The molecule has 3 rings (SSSR count). The van der Waals surface area contributed by atoms with Crippen LogP contribution in [0.25, 0.3) is 6.08 Å². The zero-order valence-corrected chi connectivity index (χ0v) is 14.0. The Bertz CT molecular complexity index is 734. The Balaban J connectivity index is 1.49. The Kier molecular flexibility index (Phi) is 5.06. The van der Waals surface area contributed by atoms with Crippen LogP contribution in [0.3, 0.4) is 0 Å². The van der Waals surface area contributed by atoms with Crippen LogP contribution in [0.2, 0.25) is 0 Å². The van der Waals surface area contributed by atoms with E-state index in [1.807, 2.05) is 0 Å². The van der Waals surface area contributed by atoms with Gasteiger partial charge in [-0.15, -0.1) is 0 Å². The van der Waals surface area contributed by atoms with E-state index >= 15 is 0 Å². The highest BCUT2D eigenvalue weighted by Gasteiger charge is 2.52. The molecule has 138 valence electrons. The second-order valence-corrected chi connectivity index (χ2v) is 6.20. The van der Waals surface area contributed by atoms with Crippen molar-refractivity contribution in [3.8, 4) is 0 Å². The molecule has 2 heterocycles. The summed E-state index contributed by atoms with van der Waals surface area (Å²) in [6.45, 7) is -0.620. The third-order valence-corrected chi connectivity index (χ3v) is 4.38. The van der Waals surface area contributed by atoms with Gasteiger partial charge in [-0.05, 0) is 31.1 Å². The van der Waals surface area contributed by atoms with Gasteiger partial charge in [-0.3, -0.25) is 15.0 Å². The molecular formula is C17H19N3O6. The van der Waals surface area contributed by atoms with Gasteiger partial charge in [0.25, 0.3) is 11.8 Å². The number of imide groups is 1. The smallest absolute Gasteiger partial charge is 0.344 e. The van der Waals surface area contributed by atoms with E-state index in [0.29, 0.717) is 23.6 Å². The molecule has 26 heavy (non-hydrogen) atoms. The predicted molar refractivity (Wildman–Crippen MR) is 88.0 cm³/mol. The maximum absolute atomic E-state index is 12.5. The van der Waals surface area contributed by atoms with Crippen molar-refractivity contribution in [3.63, 3.8) is 0 Å². The number of furan rings is 1. The van der Waals surface area contributed by atoms with Crippen molar-refractivity contribution in [1.29, 1.82) is 0 Å². The zero-order chi connectivity index (χ0) is 18.6. The molecule has 9 heteroatoms. The van der Waals surface area contributed by atoms with Crippen LogP contribution in [-0.4, -0.2) is 41.0 Å². The van der Waals surface area contributed by atoms with Crippen molar-refractivity contribution in [1.82, 2.24) is 15.8 Å². The van der Waals surface area contributed by atoms with Crippen molar-refractivity contribution >= 4 is 29.9 Å². The van der Waals surface area contributed by atoms with Gasteiger partial charge in [-0.25, -0.2) is 9.59 Å². The lowest BCUT2D eigenvalue weighted by molar-refractivity contribution is -0.147. The molecule has 1 aliphatic carbocycles. The number of carbonyl (C=O) groups excluding carboxylic acids is 4. The summed E-state index contributed by atoms with van der Waals surface area (Å²) in [5, 5.41) is 3.34. The van der Waals surface area contributed by atoms with Crippen molar-refractivity contribution in [3.05, 3.63) is 30.2 Å². The summed E-state index contributed by atoms with van der Waals surface area (Å²) in [5.41, 5.74) is 1.26. The SMILES string of the molecule is O=C(COC(=O)/C=C/c1ccco1)NN1C(=O)NC2(CCCCC2)C1=O. The van der Waals surface area contributed by atoms with Gasteiger partial charge in [0.05, 0.1) is 6.26 Å². The molecule has 9 nitrogen and oxygen atoms in total. The molecule has 1 aromatic heterocycles. The maximum atomic E-state index is 12.5. The van der Waals surface area contributed by atoms with E-state index in [1.54, 1.807) is 12.1 Å². The van der Waals surface area contributed by atoms with Crippen molar-refractivity contribution in [2.24, 2.45) is 0 Å². The molecule has 4 amide bonds. The minimum atomic E-state index is -0.926. The zero-order valence-electron chi connectivity index (χ0n) is 14.0. The molecule has 2 aliphatic rings. The Morgan fingerprint density at radius 2 is 2.08 bits per heavy atom. The molecule has 2 fully saturated rings. The van der Waals surface area contributed by atoms with Crippen LogP contribution in [0.4, 0.5) is 4.79 Å². The van der Waals surface area contributed by atoms with Gasteiger partial charge >= 0.3 is 12.0 Å². The van der Waals surface area contributed by atoms with Gasteiger partial charge in [0.1, 0.15) is 11.3 Å². The summed E-state index contributed by atoms with van der Waals surface area (Å²) in [7, 11) is 0. The molecule has 2 N–H and O–H groups in total. The Morgan fingerprint density at radius 3 is 2.77 bits per heavy atom. The predicted octanol–water partition coefficient (Wildman–Crippen LogP) is 1.12. The number of hydrogen-bond donors (Lipinski definition) is 2. The number of nitrogens with one attached hydrogen (secondary N) is 2. The second-order valence-electron chi connectivity index (χ2n) is 6.20. The van der Waals surface area contributed by atoms with E-state index in [4.69, 9.17) is 9.15 Å². The minimum Gasteiger partial charge on any atom is -0.465 e. The standard InChI is InChI=1S/C17H19N3O6/c21-13(11-26-14(22)7-6-12-5-4-10-25-12)19-20-15(23)17(18-16(20)24)8-2-1-3-9-17/h4-7,10H,1-3,8-9,11H2,(H,18,24)(H,19,21)/b7-6+. The van der Waals surface area contributed by atoms with Crippen LogP contribution in [0.1, 0.15) is 37.9 Å². The van der Waals surface area contributed by atoms with Crippen LogP contribution in [0.5, 0.6) is 0 Å². The largest absolute Gasteiger partial charge is 0.465 e. The molecule has 0 unspecified atom stereocenters. The van der Waals surface area contributed by atoms with Crippen LogP contribution in [-0.2, 0) is 19.1 Å². The average Bonchev–Trinajstić information content (AvgIpc) is 3.22. The Labute approximate surface area is 149 Å². The quantitative estimate of drug-likeness (QED) is 0.461. The number of rotatable bonds is 5. The molecule has 1 aromatic rings. The topological polar surface area (TPSA) is 118 Å². The summed E-state index contributed by atoms with van der Waals surface area (Å²) >= 11 is 0. The minimum absolute atomic E-state index is 0.462. The Morgan fingerprint density at radius 1 is 1.31 bits per heavy atom. The molecule has 0 atom stereocenters. The first-order valence-corrected chi connectivity index (χ1v) is 8.35. The molecule has 1 saturated carbocycles. The molecule has 1 saturated heterocycles. The number of nitrogens with zero attached hydrogens (tertiary/aromatic N) is 1. The fourth-order valence-corrected chi connectivity index (χ4v) is 3.09. The molecule has 0 aromatic carbocycles. The van der Waals surface area contributed by atoms with Crippen LogP contribution in [0.15, 0.2) is 28.9 Å². The molecule has 1 aliphatic heterocycles. The number of hydrogen-bond acceptors (Lipinski definition) is 6. The van der Waals surface area contributed by atoms with Gasteiger partial charge < -0.3 is 14.5 Å². The van der Waals surface area contributed by atoms with Crippen LogP contribution < -0.4 is 10.7 Å². The normalized spacial score (nSPS) is 19.0. The van der Waals surface area contributed by atoms with Crippen molar-refractivity contribution in [2.45, 2.75) is 37.6 Å². The number of hydrazine groups is 1. The molecule has 1 spiro atoms. The summed E-state index contributed by atoms with van der Waals surface area (Å²) in [4.78, 5) is 48.0. The fourth-order valence-electron chi connectivity index (χ4n) is 3.09. The van der Waals surface area contributed by atoms with Gasteiger partial charge in [-0.2, -0.15) is 5.01 Å². The van der Waals surface area contributed by atoms with Gasteiger partial charge in [0.15, 0.2) is 6.61 Å². The first-order chi connectivity index (χ1) is 12.5. The van der Waals surface area contributed by atoms with Crippen molar-refractivity contribution in [2.75, 3.05) is 6.61 Å². The van der Waals surface area contributed by atoms with E-state index in [-0.39, 0.29) is 0 Å². The third-order valence-electron chi connectivity index (χ3n) is 4.38. The average molecular weight is 361 g/mol. The summed E-state index contributed by atoms with van der Waals surface area (Å²) in [5.74, 6) is -1.54. The monoisotopic (exact) mass is 361 g/mol. The van der Waals surface area contributed by atoms with E-state index in [9.17, 15) is 19.2 Å². The van der Waals surface area contributed by atoms with Crippen LogP contribution in [0, 0.1) is 0 Å². The highest BCUT2D eigenvalue weighted by atomic mass is 16.5. The lowest BCUT2D eigenvalue weighted by atomic mass is 9.82. The first kappa shape index (κ1) is 17.7. The molecular weight excluding hydrogens is 342 g/mol. The van der Waals surface area contributed by atoms with E-state index in [1.165, 1.54) is 12.3 Å². The van der Waals surface area contributed by atoms with E-state index in [2.05, 4.69) is 10.7 Å². The first-order valence-electron chi connectivity index (χ1n) is 8.35. The molecule has 0 radical (unpaired) electrons.